The molecule has 7 nitrogen and oxygen atoms in total. The molecule has 27 heavy (non-hydrogen) atoms. The van der Waals surface area contributed by atoms with Gasteiger partial charge in [-0.2, -0.15) is 5.21 Å². The molecule has 2 N–H and O–H groups in total. The molecule has 0 aliphatic rings. The van der Waals surface area contributed by atoms with Crippen molar-refractivity contribution < 1.29 is 9.53 Å². The Morgan fingerprint density at radius 3 is 2.41 bits per heavy atom. The lowest BCUT2D eigenvalue weighted by Gasteiger charge is -2.09. The monoisotopic (exact) mass is 357 g/mol. The van der Waals surface area contributed by atoms with Crippen LogP contribution in [0.3, 0.4) is 0 Å². The van der Waals surface area contributed by atoms with Gasteiger partial charge in [-0.25, -0.2) is 0 Å². The summed E-state index contributed by atoms with van der Waals surface area (Å²) in [5, 5.41) is 16.6. The number of rotatable bonds is 5. The third-order valence-electron chi connectivity index (χ3n) is 3.82. The summed E-state index contributed by atoms with van der Waals surface area (Å²) in [6.07, 6.45) is 0. The van der Waals surface area contributed by atoms with Crippen LogP contribution in [0, 0.1) is 0 Å². The van der Waals surface area contributed by atoms with E-state index in [9.17, 15) is 4.79 Å². The fourth-order valence-electron chi connectivity index (χ4n) is 2.52. The summed E-state index contributed by atoms with van der Waals surface area (Å²) < 4.78 is 5.79. The minimum Gasteiger partial charge on any atom is -0.457 e. The van der Waals surface area contributed by atoms with E-state index in [4.69, 9.17) is 4.74 Å². The van der Waals surface area contributed by atoms with E-state index >= 15 is 0 Å². The molecule has 7 heteroatoms. The Morgan fingerprint density at radius 2 is 1.67 bits per heavy atom. The van der Waals surface area contributed by atoms with Gasteiger partial charge in [0.15, 0.2) is 0 Å². The summed E-state index contributed by atoms with van der Waals surface area (Å²) >= 11 is 0. The van der Waals surface area contributed by atoms with Crippen molar-refractivity contribution >= 4 is 11.6 Å². The van der Waals surface area contributed by atoms with Crippen LogP contribution >= 0.6 is 0 Å². The van der Waals surface area contributed by atoms with Gasteiger partial charge in [0, 0.05) is 22.9 Å². The minimum atomic E-state index is -0.216. The number of anilines is 1. The zero-order chi connectivity index (χ0) is 18.5. The van der Waals surface area contributed by atoms with Gasteiger partial charge in [0.25, 0.3) is 5.91 Å². The third-order valence-corrected chi connectivity index (χ3v) is 3.82. The second-order valence-electron chi connectivity index (χ2n) is 5.71. The number of ether oxygens (including phenoxy) is 1. The first kappa shape index (κ1) is 16.5. The second-order valence-corrected chi connectivity index (χ2v) is 5.71. The third kappa shape index (κ3) is 3.98. The fourth-order valence-corrected chi connectivity index (χ4v) is 2.52. The Hall–Kier alpha value is -4.00. The molecule has 0 spiro atoms. The van der Waals surface area contributed by atoms with Crippen LogP contribution in [0.15, 0.2) is 78.9 Å². The Morgan fingerprint density at radius 1 is 0.889 bits per heavy atom. The molecule has 0 bridgehead atoms. The zero-order valence-electron chi connectivity index (χ0n) is 14.2. The number of hydrogen-bond donors (Lipinski definition) is 2. The lowest BCUT2D eigenvalue weighted by Crippen LogP contribution is -2.11. The molecule has 1 aromatic heterocycles. The Balaban J connectivity index is 1.45. The first-order valence-corrected chi connectivity index (χ1v) is 8.26. The molecule has 0 unspecified atom stereocenters. The zero-order valence-corrected chi connectivity index (χ0v) is 14.2. The predicted octanol–water partition coefficient (Wildman–Crippen LogP) is 3.91. The molecule has 0 saturated carbocycles. The number of nitrogens with one attached hydrogen (secondary N) is 2. The molecular formula is C20H15N5O2. The van der Waals surface area contributed by atoms with Crippen molar-refractivity contribution in [2.24, 2.45) is 0 Å². The van der Waals surface area contributed by atoms with Gasteiger partial charge in [0.2, 0.25) is 5.82 Å². The summed E-state index contributed by atoms with van der Waals surface area (Å²) in [5.41, 5.74) is 1.95. The van der Waals surface area contributed by atoms with E-state index in [2.05, 4.69) is 25.9 Å². The fraction of sp³-hybridized carbons (Fsp3) is 0. The molecule has 1 heterocycles. The number of nitrogens with zero attached hydrogens (tertiary/aromatic N) is 3. The summed E-state index contributed by atoms with van der Waals surface area (Å²) in [5.74, 6) is 1.64. The minimum absolute atomic E-state index is 0.216. The lowest BCUT2D eigenvalue weighted by atomic mass is 10.1. The van der Waals surface area contributed by atoms with Crippen molar-refractivity contribution in [3.63, 3.8) is 0 Å². The van der Waals surface area contributed by atoms with Crippen LogP contribution in [0.1, 0.15) is 10.4 Å². The Kier molecular flexibility index (Phi) is 4.57. The number of hydrogen-bond acceptors (Lipinski definition) is 5. The van der Waals surface area contributed by atoms with Crippen LogP contribution in [0.5, 0.6) is 11.5 Å². The van der Waals surface area contributed by atoms with Crippen LogP contribution in [0.25, 0.3) is 11.4 Å². The van der Waals surface area contributed by atoms with Crippen LogP contribution < -0.4 is 10.1 Å². The average Bonchev–Trinajstić information content (AvgIpc) is 3.24. The van der Waals surface area contributed by atoms with Crippen LogP contribution in [-0.2, 0) is 0 Å². The van der Waals surface area contributed by atoms with Crippen molar-refractivity contribution in [3.05, 3.63) is 84.4 Å². The number of H-pyrrole nitrogens is 1. The summed E-state index contributed by atoms with van der Waals surface area (Å²) in [4.78, 5) is 12.5. The summed E-state index contributed by atoms with van der Waals surface area (Å²) in [6.45, 7) is 0. The largest absolute Gasteiger partial charge is 0.457 e. The van der Waals surface area contributed by atoms with Gasteiger partial charge in [-0.3, -0.25) is 4.79 Å². The number of amides is 1. The Labute approximate surface area is 155 Å². The van der Waals surface area contributed by atoms with Crippen molar-refractivity contribution in [3.8, 4) is 22.9 Å². The predicted molar refractivity (Wildman–Crippen MR) is 101 cm³/mol. The molecule has 0 radical (unpaired) electrons. The molecule has 0 aliphatic heterocycles. The summed E-state index contributed by atoms with van der Waals surface area (Å²) in [6, 6.07) is 23.7. The standard InChI is InChI=1S/C20H15N5O2/c26-20(15-11-9-14(10-12-15)19-22-24-25-23-19)21-16-5-4-8-18(13-16)27-17-6-2-1-3-7-17/h1-13H,(H,21,26)(H,22,23,24,25). The second kappa shape index (κ2) is 7.49. The topological polar surface area (TPSA) is 92.8 Å². The molecule has 0 aliphatic carbocycles. The highest BCUT2D eigenvalue weighted by Gasteiger charge is 2.09. The van der Waals surface area contributed by atoms with Crippen LogP contribution in [0.2, 0.25) is 0 Å². The van der Waals surface area contributed by atoms with Gasteiger partial charge in [-0.15, -0.1) is 10.2 Å². The molecule has 0 fully saturated rings. The van der Waals surface area contributed by atoms with Crippen LogP contribution in [-0.4, -0.2) is 26.5 Å². The maximum Gasteiger partial charge on any atom is 0.255 e. The SMILES string of the molecule is O=C(Nc1cccc(Oc2ccccc2)c1)c1ccc(-c2nn[nH]n2)cc1. The number of aromatic nitrogens is 4. The molecule has 4 rings (SSSR count). The summed E-state index contributed by atoms with van der Waals surface area (Å²) in [7, 11) is 0. The van der Waals surface area contributed by atoms with E-state index in [1.807, 2.05) is 48.5 Å². The van der Waals surface area contributed by atoms with Crippen LogP contribution in [0.4, 0.5) is 5.69 Å². The first-order valence-electron chi connectivity index (χ1n) is 8.26. The van der Waals surface area contributed by atoms with Crippen molar-refractivity contribution in [1.82, 2.24) is 20.6 Å². The first-order chi connectivity index (χ1) is 13.3. The molecule has 1 amide bonds. The van der Waals surface area contributed by atoms with Crippen molar-refractivity contribution in [2.45, 2.75) is 0 Å². The maximum atomic E-state index is 12.5. The highest BCUT2D eigenvalue weighted by molar-refractivity contribution is 6.04. The van der Waals surface area contributed by atoms with E-state index in [1.54, 1.807) is 30.3 Å². The normalized spacial score (nSPS) is 10.4. The van der Waals surface area contributed by atoms with Gasteiger partial charge >= 0.3 is 0 Å². The highest BCUT2D eigenvalue weighted by Crippen LogP contribution is 2.24. The van der Waals surface area contributed by atoms with Crippen molar-refractivity contribution in [2.75, 3.05) is 5.32 Å². The van der Waals surface area contributed by atoms with E-state index in [1.165, 1.54) is 0 Å². The lowest BCUT2D eigenvalue weighted by molar-refractivity contribution is 0.102. The number of aromatic amines is 1. The van der Waals surface area contributed by atoms with Gasteiger partial charge in [-0.1, -0.05) is 36.4 Å². The Bertz CT molecular complexity index is 1030. The van der Waals surface area contributed by atoms with Gasteiger partial charge in [-0.05, 0) is 41.6 Å². The molecule has 0 saturated heterocycles. The number of tetrazole rings is 1. The number of carbonyl (C=O) groups excluding carboxylic acids is 1. The van der Waals surface area contributed by atoms with Crippen molar-refractivity contribution in [1.29, 1.82) is 0 Å². The van der Waals surface area contributed by atoms with E-state index in [0.29, 0.717) is 22.8 Å². The number of para-hydroxylation sites is 1. The molecule has 0 atom stereocenters. The highest BCUT2D eigenvalue weighted by atomic mass is 16.5. The number of benzene rings is 3. The van der Waals surface area contributed by atoms with Gasteiger partial charge < -0.3 is 10.1 Å². The number of carbonyl (C=O) groups is 1. The maximum absolute atomic E-state index is 12.5. The van der Waals surface area contributed by atoms with Gasteiger partial charge in [0.1, 0.15) is 11.5 Å². The molecular weight excluding hydrogens is 342 g/mol. The van der Waals surface area contributed by atoms with Gasteiger partial charge in [0.05, 0.1) is 0 Å². The van der Waals surface area contributed by atoms with E-state index in [0.717, 1.165) is 11.3 Å². The van der Waals surface area contributed by atoms with E-state index < -0.39 is 0 Å². The van der Waals surface area contributed by atoms with E-state index in [-0.39, 0.29) is 5.91 Å². The molecule has 4 aromatic rings. The quantitative estimate of drug-likeness (QED) is 0.565. The smallest absolute Gasteiger partial charge is 0.255 e. The average molecular weight is 357 g/mol. The molecule has 132 valence electrons. The molecule has 3 aromatic carbocycles.